The molecule has 0 spiro atoms. The summed E-state index contributed by atoms with van der Waals surface area (Å²) < 4.78 is 10.7. The first-order valence-electron chi connectivity index (χ1n) is 6.90. The summed E-state index contributed by atoms with van der Waals surface area (Å²) in [7, 11) is 0. The van der Waals surface area contributed by atoms with Gasteiger partial charge in [0.05, 0.1) is 25.8 Å². The number of carbonyl (C=O) groups is 1. The van der Waals surface area contributed by atoms with E-state index in [-0.39, 0.29) is 18.4 Å². The fourth-order valence-electron chi connectivity index (χ4n) is 1.92. The number of ether oxygens (including phenoxy) is 2. The molecule has 0 aliphatic carbocycles. The number of aromatic nitrogens is 2. The van der Waals surface area contributed by atoms with Crippen molar-refractivity contribution in [3.8, 4) is 5.75 Å². The molecule has 23 heavy (non-hydrogen) atoms. The number of nitrogens with one attached hydrogen (secondary N) is 1. The van der Waals surface area contributed by atoms with Crippen molar-refractivity contribution >= 4 is 34.9 Å². The lowest BCUT2D eigenvalue weighted by Crippen LogP contribution is -2.38. The molecule has 1 amide bonds. The minimum Gasteiger partial charge on any atom is -0.484 e. The number of carbonyl (C=O) groups excluding carboxylic acids is 1. The van der Waals surface area contributed by atoms with Gasteiger partial charge in [-0.3, -0.25) is 4.79 Å². The molecule has 0 unspecified atom stereocenters. The maximum atomic E-state index is 12.0. The number of anilines is 1. The van der Waals surface area contributed by atoms with Gasteiger partial charge in [-0.1, -0.05) is 29.3 Å². The molecule has 3 heterocycles. The van der Waals surface area contributed by atoms with E-state index >= 15 is 0 Å². The molecule has 1 aliphatic heterocycles. The number of amides is 1. The molecular weight excluding hydrogens is 341 g/mol. The van der Waals surface area contributed by atoms with Crippen molar-refractivity contribution in [2.75, 3.05) is 18.5 Å². The molecule has 0 radical (unpaired) electrons. The topological polar surface area (TPSA) is 73.3 Å². The third-order valence-corrected chi connectivity index (χ3v) is 3.65. The van der Waals surface area contributed by atoms with E-state index in [0.29, 0.717) is 35.0 Å². The lowest BCUT2D eigenvalue weighted by molar-refractivity contribution is -0.115. The predicted octanol–water partition coefficient (Wildman–Crippen LogP) is 2.74. The van der Waals surface area contributed by atoms with Crippen molar-refractivity contribution in [3.63, 3.8) is 0 Å². The maximum absolute atomic E-state index is 12.0. The van der Waals surface area contributed by atoms with E-state index in [0.717, 1.165) is 5.56 Å². The minimum atomic E-state index is -0.220. The van der Waals surface area contributed by atoms with Crippen molar-refractivity contribution in [3.05, 3.63) is 46.3 Å². The van der Waals surface area contributed by atoms with Gasteiger partial charge in [-0.05, 0) is 11.6 Å². The number of hydrogen-bond donors (Lipinski definition) is 1. The first-order chi connectivity index (χ1) is 11.1. The van der Waals surface area contributed by atoms with Gasteiger partial charge < -0.3 is 14.8 Å². The molecule has 0 bridgehead atoms. The fraction of sp³-hybridized carbons (Fsp3) is 0.267. The summed E-state index contributed by atoms with van der Waals surface area (Å²) >= 11 is 11.8. The Kier molecular flexibility index (Phi) is 4.95. The summed E-state index contributed by atoms with van der Waals surface area (Å²) in [4.78, 5) is 20.1. The average molecular weight is 354 g/mol. The van der Waals surface area contributed by atoms with Crippen LogP contribution in [-0.4, -0.2) is 35.2 Å². The van der Waals surface area contributed by atoms with Crippen LogP contribution < -0.4 is 10.1 Å². The third-order valence-electron chi connectivity index (χ3n) is 3.14. The Morgan fingerprint density at radius 3 is 2.78 bits per heavy atom. The highest BCUT2D eigenvalue weighted by molar-refractivity contribution is 6.32. The zero-order valence-electron chi connectivity index (χ0n) is 12.0. The van der Waals surface area contributed by atoms with Crippen molar-refractivity contribution < 1.29 is 14.3 Å². The highest BCUT2D eigenvalue weighted by atomic mass is 35.5. The van der Waals surface area contributed by atoms with Crippen molar-refractivity contribution in [1.29, 1.82) is 0 Å². The van der Waals surface area contributed by atoms with E-state index in [1.54, 1.807) is 24.4 Å². The van der Waals surface area contributed by atoms with Gasteiger partial charge >= 0.3 is 0 Å². The van der Waals surface area contributed by atoms with Crippen LogP contribution >= 0.6 is 23.2 Å². The Bertz CT molecular complexity index is 706. The molecule has 1 N–H and O–H groups in total. The van der Waals surface area contributed by atoms with E-state index in [1.165, 1.54) is 6.20 Å². The van der Waals surface area contributed by atoms with Crippen LogP contribution in [0.1, 0.15) is 5.56 Å². The molecule has 6 nitrogen and oxygen atoms in total. The largest absolute Gasteiger partial charge is 0.484 e. The number of hydrogen-bond acceptors (Lipinski definition) is 5. The Morgan fingerprint density at radius 1 is 1.30 bits per heavy atom. The monoisotopic (exact) mass is 353 g/mol. The van der Waals surface area contributed by atoms with Gasteiger partial charge in [-0.2, -0.15) is 0 Å². The van der Waals surface area contributed by atoms with Crippen LogP contribution in [0.5, 0.6) is 5.75 Å². The lowest BCUT2D eigenvalue weighted by Gasteiger charge is -2.27. The van der Waals surface area contributed by atoms with Crippen LogP contribution in [0, 0.1) is 0 Å². The van der Waals surface area contributed by atoms with Crippen LogP contribution in [0.4, 0.5) is 5.82 Å². The Labute approximate surface area is 142 Å². The summed E-state index contributed by atoms with van der Waals surface area (Å²) in [6.07, 6.45) is 3.15. The fourth-order valence-corrected chi connectivity index (χ4v) is 2.18. The van der Waals surface area contributed by atoms with E-state index in [2.05, 4.69) is 15.3 Å². The maximum Gasteiger partial charge on any atom is 0.230 e. The minimum absolute atomic E-state index is 0.0152. The number of halogens is 2. The van der Waals surface area contributed by atoms with E-state index in [4.69, 9.17) is 32.7 Å². The normalized spacial score (nSPS) is 14.2. The predicted molar refractivity (Wildman–Crippen MR) is 86.1 cm³/mol. The third kappa shape index (κ3) is 4.31. The molecule has 0 saturated carbocycles. The van der Waals surface area contributed by atoms with Gasteiger partial charge in [0.2, 0.25) is 5.91 Å². The van der Waals surface area contributed by atoms with Gasteiger partial charge in [-0.25, -0.2) is 9.97 Å². The van der Waals surface area contributed by atoms with E-state index < -0.39 is 0 Å². The lowest BCUT2D eigenvalue weighted by atomic mass is 10.2. The summed E-state index contributed by atoms with van der Waals surface area (Å²) in [6.45, 7) is 1.06. The average Bonchev–Trinajstić information content (AvgIpc) is 2.48. The van der Waals surface area contributed by atoms with Crippen molar-refractivity contribution in [2.45, 2.75) is 12.5 Å². The Balaban J connectivity index is 1.63. The Hall–Kier alpha value is -1.89. The van der Waals surface area contributed by atoms with Gasteiger partial charge in [0, 0.05) is 12.3 Å². The number of pyridine rings is 2. The second kappa shape index (κ2) is 7.12. The Morgan fingerprint density at radius 2 is 2.13 bits per heavy atom. The van der Waals surface area contributed by atoms with E-state index in [1.807, 2.05) is 0 Å². The standard InChI is InChI=1S/C15H13Cl2N3O3/c16-11-6-19-14(4-12(11)23-10-7-22-8-10)20-15(21)3-9-1-2-13(17)18-5-9/h1-2,4-6,10H,3,7-8H2,(H,19,20,21). The first kappa shape index (κ1) is 16.0. The quantitative estimate of drug-likeness (QED) is 0.836. The first-order valence-corrected chi connectivity index (χ1v) is 7.66. The molecule has 2 aromatic heterocycles. The molecule has 1 saturated heterocycles. The number of rotatable bonds is 5. The summed E-state index contributed by atoms with van der Waals surface area (Å²) in [5.74, 6) is 0.622. The molecule has 120 valence electrons. The van der Waals surface area contributed by atoms with Crippen LogP contribution in [0.25, 0.3) is 0 Å². The number of nitrogens with zero attached hydrogens (tertiary/aromatic N) is 2. The van der Waals surface area contributed by atoms with Crippen molar-refractivity contribution in [1.82, 2.24) is 9.97 Å². The molecule has 1 fully saturated rings. The second-order valence-electron chi connectivity index (χ2n) is 4.99. The molecule has 8 heteroatoms. The molecule has 1 aliphatic rings. The van der Waals surface area contributed by atoms with Crippen LogP contribution in [0.15, 0.2) is 30.6 Å². The molecule has 0 atom stereocenters. The van der Waals surface area contributed by atoms with E-state index in [9.17, 15) is 4.79 Å². The van der Waals surface area contributed by atoms with Crippen LogP contribution in [-0.2, 0) is 16.0 Å². The van der Waals surface area contributed by atoms with Crippen LogP contribution in [0.2, 0.25) is 10.2 Å². The summed E-state index contributed by atoms with van der Waals surface area (Å²) in [6, 6.07) is 4.98. The van der Waals surface area contributed by atoms with Crippen molar-refractivity contribution in [2.24, 2.45) is 0 Å². The molecular formula is C15H13Cl2N3O3. The molecule has 0 aromatic carbocycles. The smallest absolute Gasteiger partial charge is 0.230 e. The van der Waals surface area contributed by atoms with Gasteiger partial charge in [0.1, 0.15) is 27.8 Å². The van der Waals surface area contributed by atoms with Gasteiger partial charge in [0.15, 0.2) is 0 Å². The van der Waals surface area contributed by atoms with Gasteiger partial charge in [0.25, 0.3) is 0 Å². The second-order valence-corrected chi connectivity index (χ2v) is 5.79. The molecule has 3 rings (SSSR count). The zero-order chi connectivity index (χ0) is 16.2. The SMILES string of the molecule is O=C(Cc1ccc(Cl)nc1)Nc1cc(OC2COC2)c(Cl)cn1. The van der Waals surface area contributed by atoms with Gasteiger partial charge in [-0.15, -0.1) is 0 Å². The summed E-state index contributed by atoms with van der Waals surface area (Å²) in [5.41, 5.74) is 0.754. The highest BCUT2D eigenvalue weighted by Gasteiger charge is 2.21. The van der Waals surface area contributed by atoms with Crippen LogP contribution in [0.3, 0.4) is 0 Å². The highest BCUT2D eigenvalue weighted by Crippen LogP contribution is 2.28. The molecule has 2 aromatic rings. The zero-order valence-corrected chi connectivity index (χ0v) is 13.5. The summed E-state index contributed by atoms with van der Waals surface area (Å²) in [5, 5.41) is 3.47.